The molecular weight excluding hydrogens is 456 g/mol. The molecule has 0 N–H and O–H groups in total. The maximum Gasteiger partial charge on any atom is 0.0629 e. The summed E-state index contributed by atoms with van der Waals surface area (Å²) in [7, 11) is 0. The van der Waals surface area contributed by atoms with Gasteiger partial charge in [0.15, 0.2) is 0 Å². The number of rotatable bonds is 4. The van der Waals surface area contributed by atoms with Gasteiger partial charge in [-0.3, -0.25) is 0 Å². The topological polar surface area (TPSA) is 0 Å². The van der Waals surface area contributed by atoms with Crippen LogP contribution in [-0.4, -0.2) is 0 Å². The van der Waals surface area contributed by atoms with Gasteiger partial charge in [0.2, 0.25) is 0 Å². The fourth-order valence-corrected chi connectivity index (χ4v) is 5.23. The Morgan fingerprint density at radius 3 is 1.61 bits per heavy atom. The summed E-state index contributed by atoms with van der Waals surface area (Å²) in [6.07, 6.45) is 0. The van der Waals surface area contributed by atoms with Gasteiger partial charge in [0.1, 0.15) is 0 Å². The first-order valence-corrected chi connectivity index (χ1v) is 12.3. The van der Waals surface area contributed by atoms with E-state index in [9.17, 15) is 0 Å². The fourth-order valence-electron chi connectivity index (χ4n) is 5.23. The third kappa shape index (κ3) is 3.79. The minimum atomic E-state index is -0.504. The highest BCUT2D eigenvalue weighted by Gasteiger charge is 2.19. The predicted molar refractivity (Wildman–Crippen MR) is 163 cm³/mol. The third-order valence-electron chi connectivity index (χ3n) is 6.84. The summed E-state index contributed by atoms with van der Waals surface area (Å²) in [4.78, 5) is 0. The van der Waals surface area contributed by atoms with Crippen LogP contribution in [0.5, 0.6) is 0 Å². The number of hydrogen-bond acceptors (Lipinski definition) is 0. The summed E-state index contributed by atoms with van der Waals surface area (Å²) in [6, 6.07) is 26.4. The van der Waals surface area contributed by atoms with Gasteiger partial charge >= 0.3 is 0 Å². The van der Waals surface area contributed by atoms with Gasteiger partial charge in [-0.15, -0.1) is 0 Å². The summed E-state index contributed by atoms with van der Waals surface area (Å²) in [5.74, 6) is 0. The minimum Gasteiger partial charge on any atom is -0.0622 e. The summed E-state index contributed by atoms with van der Waals surface area (Å²) in [5.41, 5.74) is 4.48. The van der Waals surface area contributed by atoms with Crippen LogP contribution in [0.25, 0.3) is 66.1 Å². The summed E-state index contributed by atoms with van der Waals surface area (Å²) >= 11 is 0. The molecule has 0 saturated carbocycles. The van der Waals surface area contributed by atoms with Crippen molar-refractivity contribution in [2.75, 3.05) is 0 Å². The van der Waals surface area contributed by atoms with E-state index in [0.29, 0.717) is 27.3 Å². The van der Waals surface area contributed by atoms with Crippen molar-refractivity contribution in [2.24, 2.45) is 0 Å². The van der Waals surface area contributed by atoms with Gasteiger partial charge < -0.3 is 0 Å². The maximum absolute atomic E-state index is 8.95. The molecule has 0 unspecified atom stereocenters. The molecule has 178 valence electrons. The number of benzene rings is 7. The average Bonchev–Trinajstić information content (AvgIpc) is 3.11. The maximum atomic E-state index is 8.95. The first-order chi connectivity index (χ1) is 23.0. The molecule has 7 rings (SSSR count). The van der Waals surface area contributed by atoms with E-state index in [4.69, 9.17) is 13.7 Å². The highest BCUT2D eigenvalue weighted by atomic mass is 14.2. The normalized spacial score (nSPS) is 14.8. The molecule has 0 aliphatic rings. The Hall–Kier alpha value is -4.94. The molecule has 0 amide bonds. The third-order valence-corrected chi connectivity index (χ3v) is 6.84. The van der Waals surface area contributed by atoms with Gasteiger partial charge in [0.25, 0.3) is 0 Å². The van der Waals surface area contributed by atoms with Crippen molar-refractivity contribution in [2.45, 2.75) is 0 Å². The highest BCUT2D eigenvalue weighted by Crippen LogP contribution is 2.46. The molecule has 0 radical (unpaired) electrons. The van der Waals surface area contributed by atoms with Crippen molar-refractivity contribution in [3.05, 3.63) is 157 Å². The van der Waals surface area contributed by atoms with Gasteiger partial charge in [-0.1, -0.05) is 151 Å². The molecule has 0 fully saturated rings. The highest BCUT2D eigenvalue weighted by molar-refractivity contribution is 6.22. The van der Waals surface area contributed by atoms with E-state index in [0.717, 1.165) is 27.6 Å². The number of fused-ring (bicyclic) bond motifs is 2. The molecule has 0 heteroatoms. The Balaban J connectivity index is 1.71. The molecule has 0 aliphatic heterocycles. The first kappa shape index (κ1) is 14.1. The van der Waals surface area contributed by atoms with Gasteiger partial charge in [-0.05, 0) is 72.1 Å². The molecule has 0 saturated heterocycles. The largest absolute Gasteiger partial charge is 0.0629 e. The van der Waals surface area contributed by atoms with Crippen LogP contribution in [0.15, 0.2) is 157 Å². The molecule has 0 atom stereocenters. The Kier molecular flexibility index (Phi) is 3.53. The van der Waals surface area contributed by atoms with Gasteiger partial charge in [0.05, 0.1) is 13.7 Å². The molecule has 0 aliphatic carbocycles. The Bertz CT molecular complexity index is 2390. The molecule has 0 nitrogen and oxygen atoms in total. The molecule has 0 bridgehead atoms. The van der Waals surface area contributed by atoms with Crippen LogP contribution >= 0.6 is 0 Å². The minimum absolute atomic E-state index is 0.00862. The molecular formula is C38H26. The second-order valence-corrected chi connectivity index (χ2v) is 8.97. The zero-order valence-electron chi connectivity index (χ0n) is 30.2. The lowest BCUT2D eigenvalue weighted by molar-refractivity contribution is 1.60. The van der Waals surface area contributed by atoms with E-state index in [2.05, 4.69) is 0 Å². The molecule has 0 spiro atoms. The van der Waals surface area contributed by atoms with Crippen LogP contribution < -0.4 is 0 Å². The summed E-state index contributed by atoms with van der Waals surface area (Å²) in [6.45, 7) is 0. The lowest BCUT2D eigenvalue weighted by atomic mass is 9.83. The van der Waals surface area contributed by atoms with Crippen LogP contribution in [-0.2, 0) is 0 Å². The van der Waals surface area contributed by atoms with Crippen molar-refractivity contribution in [1.82, 2.24) is 0 Å². The van der Waals surface area contributed by atoms with Crippen LogP contribution in [0, 0.1) is 0 Å². The van der Waals surface area contributed by atoms with Crippen LogP contribution in [0.1, 0.15) is 13.7 Å². The molecule has 7 aromatic carbocycles. The van der Waals surface area contributed by atoms with E-state index < -0.39 is 36.3 Å². The van der Waals surface area contributed by atoms with Gasteiger partial charge in [0, 0.05) is 0 Å². The first-order valence-electron chi connectivity index (χ1n) is 17.3. The monoisotopic (exact) mass is 492 g/mol. The lowest BCUT2D eigenvalue weighted by Gasteiger charge is -2.20. The summed E-state index contributed by atoms with van der Waals surface area (Å²) in [5, 5.41) is 2.65. The standard InChI is InChI=1S/C38H26/c1-4-14-27(15-5-1)30-24-25-35-36(26-30)37(29-18-8-3-9-19-29)33-22-12-13-23-34(33)38(35)32-21-11-10-20-31(32)28-16-6-2-7-17-28/h1-26H/i1D,3D,4D,5D,8D,9D,14D,15D,18D,19D. The Morgan fingerprint density at radius 1 is 0.342 bits per heavy atom. The van der Waals surface area contributed by atoms with Crippen molar-refractivity contribution >= 4 is 21.5 Å². The van der Waals surface area contributed by atoms with Gasteiger partial charge in [-0.25, -0.2) is 0 Å². The van der Waals surface area contributed by atoms with Crippen molar-refractivity contribution in [3.8, 4) is 44.5 Å². The molecule has 7 aromatic rings. The van der Waals surface area contributed by atoms with E-state index >= 15 is 0 Å². The van der Waals surface area contributed by atoms with Crippen LogP contribution in [0.2, 0.25) is 0 Å². The van der Waals surface area contributed by atoms with Crippen LogP contribution in [0.4, 0.5) is 0 Å². The molecule has 0 aromatic heterocycles. The Morgan fingerprint density at radius 2 is 0.895 bits per heavy atom. The fraction of sp³-hybridized carbons (Fsp3) is 0. The van der Waals surface area contributed by atoms with E-state index in [1.807, 2.05) is 84.9 Å². The predicted octanol–water partition coefficient (Wildman–Crippen LogP) is 10.7. The quantitative estimate of drug-likeness (QED) is 0.214. The van der Waals surface area contributed by atoms with E-state index in [1.165, 1.54) is 0 Å². The Labute approximate surface area is 237 Å². The second kappa shape index (κ2) is 9.50. The van der Waals surface area contributed by atoms with E-state index in [1.54, 1.807) is 12.1 Å². The lowest BCUT2D eigenvalue weighted by Crippen LogP contribution is -1.93. The average molecular weight is 493 g/mol. The second-order valence-electron chi connectivity index (χ2n) is 8.97. The molecule has 0 heterocycles. The number of hydrogen-bond donors (Lipinski definition) is 0. The zero-order chi connectivity index (χ0) is 34.0. The SMILES string of the molecule is [2H]c1c([2H])c([2H])c(-c2ccc3c(-c4ccccc4-c4ccccc4)c4ccccc4c(-c4c([2H])c([2H])c([2H])c([2H])c4[2H])c3c2)c([2H])c1[2H]. The zero-order valence-corrected chi connectivity index (χ0v) is 20.2. The van der Waals surface area contributed by atoms with E-state index in [-0.39, 0.29) is 35.3 Å². The van der Waals surface area contributed by atoms with Gasteiger partial charge in [-0.2, -0.15) is 0 Å². The summed E-state index contributed by atoms with van der Waals surface area (Å²) < 4.78 is 85.1. The smallest absolute Gasteiger partial charge is 0.0622 e. The molecule has 38 heavy (non-hydrogen) atoms. The van der Waals surface area contributed by atoms with Crippen molar-refractivity contribution in [1.29, 1.82) is 0 Å². The van der Waals surface area contributed by atoms with Crippen LogP contribution in [0.3, 0.4) is 0 Å². The van der Waals surface area contributed by atoms with Crippen molar-refractivity contribution in [3.63, 3.8) is 0 Å². The van der Waals surface area contributed by atoms with Crippen molar-refractivity contribution < 1.29 is 13.7 Å².